The third-order valence-electron chi connectivity index (χ3n) is 4.79. The van der Waals surface area contributed by atoms with Crippen molar-refractivity contribution in [1.82, 2.24) is 34.7 Å². The van der Waals surface area contributed by atoms with Crippen molar-refractivity contribution in [3.05, 3.63) is 61.2 Å². The minimum atomic E-state index is -0.302. The number of carbonyl (C=O) groups excluding carboxylic acids is 1. The molecule has 0 bridgehead atoms. The SMILES string of the molecule is Nc1ccc(Nc2nc(N)nc3c2ncn3CC(=O)Nc2cc(-c3cccnc3)[nH]n2)cc1. The standard InChI is InChI=1S/C21H19N11O/c22-13-3-5-14(6-4-13)26-19-18-20(29-21(23)28-19)32(11-25-18)10-17(33)27-16-8-15(30-31-16)12-2-1-7-24-9-12/h1-9,11H,10,22H2,(H3,23,26,28,29)(H2,27,30,31,33). The Kier molecular flexibility index (Phi) is 4.99. The van der Waals surface area contributed by atoms with Gasteiger partial charge >= 0.3 is 0 Å². The summed E-state index contributed by atoms with van der Waals surface area (Å²) in [7, 11) is 0. The van der Waals surface area contributed by atoms with Crippen molar-refractivity contribution in [2.75, 3.05) is 22.1 Å². The van der Waals surface area contributed by atoms with Crippen molar-refractivity contribution >= 4 is 46.0 Å². The Morgan fingerprint density at radius 3 is 2.76 bits per heavy atom. The van der Waals surface area contributed by atoms with Crippen LogP contribution in [0.3, 0.4) is 0 Å². The second kappa shape index (κ2) is 8.26. The van der Waals surface area contributed by atoms with Crippen LogP contribution in [0.15, 0.2) is 61.2 Å². The first-order valence-electron chi connectivity index (χ1n) is 9.92. The lowest BCUT2D eigenvalue weighted by Gasteiger charge is -2.08. The molecule has 33 heavy (non-hydrogen) atoms. The zero-order chi connectivity index (χ0) is 22.8. The van der Waals surface area contributed by atoms with Crippen LogP contribution < -0.4 is 22.1 Å². The van der Waals surface area contributed by atoms with E-state index in [1.165, 1.54) is 6.33 Å². The number of hydrogen-bond acceptors (Lipinski definition) is 9. The van der Waals surface area contributed by atoms with Gasteiger partial charge in [0.2, 0.25) is 11.9 Å². The first-order valence-corrected chi connectivity index (χ1v) is 9.92. The molecule has 0 saturated heterocycles. The second-order valence-corrected chi connectivity index (χ2v) is 7.18. The number of imidazole rings is 1. The van der Waals surface area contributed by atoms with Crippen LogP contribution in [0.25, 0.3) is 22.4 Å². The number of rotatable bonds is 6. The molecular weight excluding hydrogens is 422 g/mol. The molecule has 12 heteroatoms. The zero-order valence-electron chi connectivity index (χ0n) is 17.2. The first kappa shape index (κ1) is 19.9. The fourth-order valence-electron chi connectivity index (χ4n) is 3.26. The number of nitrogen functional groups attached to an aromatic ring is 2. The minimum absolute atomic E-state index is 0.0383. The molecule has 0 aliphatic rings. The third-order valence-corrected chi connectivity index (χ3v) is 4.79. The van der Waals surface area contributed by atoms with Crippen molar-refractivity contribution in [3.8, 4) is 11.3 Å². The highest BCUT2D eigenvalue weighted by molar-refractivity contribution is 5.92. The molecule has 0 aliphatic heterocycles. The van der Waals surface area contributed by atoms with Crippen LogP contribution in [0, 0.1) is 0 Å². The quantitative estimate of drug-likeness (QED) is 0.247. The maximum absolute atomic E-state index is 12.6. The van der Waals surface area contributed by atoms with Crippen LogP contribution in [-0.4, -0.2) is 40.6 Å². The summed E-state index contributed by atoms with van der Waals surface area (Å²) < 4.78 is 1.59. The average molecular weight is 441 g/mol. The number of fused-ring (bicyclic) bond motifs is 1. The van der Waals surface area contributed by atoms with Crippen LogP contribution in [0.5, 0.6) is 0 Å². The summed E-state index contributed by atoms with van der Waals surface area (Å²) in [5.41, 5.74) is 15.5. The number of benzene rings is 1. The van der Waals surface area contributed by atoms with E-state index in [9.17, 15) is 4.79 Å². The van der Waals surface area contributed by atoms with Gasteiger partial charge in [-0.3, -0.25) is 14.9 Å². The Hall–Kier alpha value is -5.00. The molecule has 0 aliphatic carbocycles. The number of aromatic amines is 1. The van der Waals surface area contributed by atoms with Crippen LogP contribution >= 0.6 is 0 Å². The van der Waals surface area contributed by atoms with Gasteiger partial charge in [0.05, 0.1) is 12.0 Å². The van der Waals surface area contributed by atoms with Gasteiger partial charge in [0.15, 0.2) is 22.8 Å². The summed E-state index contributed by atoms with van der Waals surface area (Å²) >= 11 is 0. The maximum atomic E-state index is 12.6. The van der Waals surface area contributed by atoms with Gasteiger partial charge in [-0.15, -0.1) is 0 Å². The lowest BCUT2D eigenvalue weighted by molar-refractivity contribution is -0.116. The smallest absolute Gasteiger partial charge is 0.245 e. The fraction of sp³-hybridized carbons (Fsp3) is 0.0476. The Balaban J connectivity index is 1.34. The first-order chi connectivity index (χ1) is 16.0. The molecule has 5 rings (SSSR count). The van der Waals surface area contributed by atoms with Crippen molar-refractivity contribution < 1.29 is 4.79 Å². The highest BCUT2D eigenvalue weighted by atomic mass is 16.2. The summed E-state index contributed by atoms with van der Waals surface area (Å²) in [4.78, 5) is 29.6. The molecule has 0 atom stereocenters. The molecule has 4 heterocycles. The number of amides is 1. The summed E-state index contributed by atoms with van der Waals surface area (Å²) in [5, 5.41) is 12.9. The minimum Gasteiger partial charge on any atom is -0.399 e. The van der Waals surface area contributed by atoms with Crippen LogP contribution in [0.4, 0.5) is 29.0 Å². The molecule has 4 aromatic heterocycles. The third kappa shape index (κ3) is 4.25. The molecule has 1 aromatic carbocycles. The zero-order valence-corrected chi connectivity index (χ0v) is 17.2. The average Bonchev–Trinajstić information content (AvgIpc) is 3.43. The van der Waals surface area contributed by atoms with Crippen LogP contribution in [-0.2, 0) is 11.3 Å². The van der Waals surface area contributed by atoms with E-state index in [4.69, 9.17) is 11.5 Å². The van der Waals surface area contributed by atoms with Gasteiger partial charge < -0.3 is 26.7 Å². The van der Waals surface area contributed by atoms with Gasteiger partial charge in [0, 0.05) is 35.4 Å². The molecule has 0 fully saturated rings. The number of hydrogen-bond donors (Lipinski definition) is 5. The molecule has 0 spiro atoms. The lowest BCUT2D eigenvalue weighted by atomic mass is 10.2. The van der Waals surface area contributed by atoms with Gasteiger partial charge in [-0.2, -0.15) is 15.1 Å². The second-order valence-electron chi connectivity index (χ2n) is 7.18. The van der Waals surface area contributed by atoms with E-state index in [0.29, 0.717) is 28.5 Å². The molecule has 0 saturated carbocycles. The number of anilines is 5. The van der Waals surface area contributed by atoms with Crippen LogP contribution in [0.2, 0.25) is 0 Å². The highest BCUT2D eigenvalue weighted by Crippen LogP contribution is 2.24. The Morgan fingerprint density at radius 1 is 1.12 bits per heavy atom. The number of nitrogens with two attached hydrogens (primary N) is 2. The topological polar surface area (TPSA) is 178 Å². The molecular formula is C21H19N11O. The van der Waals surface area contributed by atoms with Crippen molar-refractivity contribution in [2.24, 2.45) is 0 Å². The molecule has 7 N–H and O–H groups in total. The number of pyridine rings is 1. The van der Waals surface area contributed by atoms with Crippen LogP contribution in [0.1, 0.15) is 0 Å². The van der Waals surface area contributed by atoms with E-state index >= 15 is 0 Å². The molecule has 0 radical (unpaired) electrons. The lowest BCUT2D eigenvalue weighted by Crippen LogP contribution is -2.19. The van der Waals surface area contributed by atoms with Crippen molar-refractivity contribution in [3.63, 3.8) is 0 Å². The number of H-pyrrole nitrogens is 1. The molecule has 12 nitrogen and oxygen atoms in total. The van der Waals surface area contributed by atoms with Gasteiger partial charge in [0.1, 0.15) is 6.54 Å². The number of nitrogens with one attached hydrogen (secondary N) is 3. The number of carbonyl (C=O) groups is 1. The number of nitrogens with zero attached hydrogens (tertiary/aromatic N) is 6. The fourth-order valence-corrected chi connectivity index (χ4v) is 3.26. The van der Waals surface area contributed by atoms with Crippen molar-refractivity contribution in [2.45, 2.75) is 6.54 Å². The monoisotopic (exact) mass is 441 g/mol. The van der Waals surface area contributed by atoms with Gasteiger partial charge in [-0.25, -0.2) is 4.98 Å². The number of aromatic nitrogens is 7. The van der Waals surface area contributed by atoms with Crippen molar-refractivity contribution in [1.29, 1.82) is 0 Å². The van der Waals surface area contributed by atoms with E-state index in [1.807, 2.05) is 24.3 Å². The Morgan fingerprint density at radius 2 is 1.97 bits per heavy atom. The molecule has 0 unspecified atom stereocenters. The van der Waals surface area contributed by atoms with E-state index in [0.717, 1.165) is 16.9 Å². The van der Waals surface area contributed by atoms with E-state index in [-0.39, 0.29) is 18.4 Å². The van der Waals surface area contributed by atoms with E-state index in [1.54, 1.807) is 35.2 Å². The summed E-state index contributed by atoms with van der Waals surface area (Å²) in [6.45, 7) is -0.0383. The predicted molar refractivity (Wildman–Crippen MR) is 124 cm³/mol. The molecule has 1 amide bonds. The van der Waals surface area contributed by atoms with Gasteiger partial charge in [0.25, 0.3) is 0 Å². The van der Waals surface area contributed by atoms with Gasteiger partial charge in [-0.1, -0.05) is 0 Å². The van der Waals surface area contributed by atoms with E-state index < -0.39 is 0 Å². The Bertz CT molecular complexity index is 1420. The molecule has 5 aromatic rings. The largest absolute Gasteiger partial charge is 0.399 e. The predicted octanol–water partition coefficient (Wildman–Crippen LogP) is 2.16. The van der Waals surface area contributed by atoms with E-state index in [2.05, 4.69) is 40.8 Å². The molecule has 164 valence electrons. The maximum Gasteiger partial charge on any atom is 0.245 e. The summed E-state index contributed by atoms with van der Waals surface area (Å²) in [5.74, 6) is 0.567. The summed E-state index contributed by atoms with van der Waals surface area (Å²) in [6.07, 6.45) is 4.90. The highest BCUT2D eigenvalue weighted by Gasteiger charge is 2.15. The van der Waals surface area contributed by atoms with Gasteiger partial charge in [-0.05, 0) is 36.4 Å². The summed E-state index contributed by atoms with van der Waals surface area (Å²) in [6, 6.07) is 12.6. The normalized spacial score (nSPS) is 10.9. The Labute approximate surface area is 187 Å².